The van der Waals surface area contributed by atoms with E-state index in [1.807, 2.05) is 19.3 Å². The third-order valence-electron chi connectivity index (χ3n) is 3.94. The quantitative estimate of drug-likeness (QED) is 0.870. The van der Waals surface area contributed by atoms with Gasteiger partial charge in [0.15, 0.2) is 0 Å². The second-order valence-electron chi connectivity index (χ2n) is 4.96. The molecular weight excluding hydrogens is 208 g/mol. The lowest BCUT2D eigenvalue weighted by Crippen LogP contribution is -2.32. The SMILES string of the molecule is CNCC1CCC1c1ccc2ncccc2c1. The van der Waals surface area contributed by atoms with Crippen molar-refractivity contribution in [1.82, 2.24) is 10.3 Å². The topological polar surface area (TPSA) is 24.9 Å². The largest absolute Gasteiger partial charge is 0.319 e. The first-order chi connectivity index (χ1) is 8.38. The number of fused-ring (bicyclic) bond motifs is 1. The Labute approximate surface area is 102 Å². The fourth-order valence-corrected chi connectivity index (χ4v) is 2.84. The molecule has 0 bridgehead atoms. The van der Waals surface area contributed by atoms with E-state index in [4.69, 9.17) is 0 Å². The monoisotopic (exact) mass is 226 g/mol. The van der Waals surface area contributed by atoms with Crippen molar-refractivity contribution >= 4 is 10.9 Å². The maximum Gasteiger partial charge on any atom is 0.0702 e. The van der Waals surface area contributed by atoms with Crippen molar-refractivity contribution in [2.24, 2.45) is 5.92 Å². The highest BCUT2D eigenvalue weighted by Crippen LogP contribution is 2.42. The zero-order valence-electron chi connectivity index (χ0n) is 10.2. The van der Waals surface area contributed by atoms with Gasteiger partial charge in [0, 0.05) is 11.6 Å². The molecule has 2 atom stereocenters. The summed E-state index contributed by atoms with van der Waals surface area (Å²) in [6.45, 7) is 1.13. The minimum absolute atomic E-state index is 0.743. The van der Waals surface area contributed by atoms with Crippen molar-refractivity contribution in [3.05, 3.63) is 42.1 Å². The molecule has 2 unspecified atom stereocenters. The van der Waals surface area contributed by atoms with E-state index in [2.05, 4.69) is 34.6 Å². The first-order valence-corrected chi connectivity index (χ1v) is 6.38. The molecule has 0 amide bonds. The molecule has 1 aromatic heterocycles. The fraction of sp³-hybridized carbons (Fsp3) is 0.400. The molecule has 1 N–H and O–H groups in total. The number of hydrogen-bond acceptors (Lipinski definition) is 2. The van der Waals surface area contributed by atoms with E-state index >= 15 is 0 Å². The van der Waals surface area contributed by atoms with Gasteiger partial charge in [0.1, 0.15) is 0 Å². The van der Waals surface area contributed by atoms with Crippen molar-refractivity contribution in [1.29, 1.82) is 0 Å². The van der Waals surface area contributed by atoms with Gasteiger partial charge in [-0.05, 0) is 62.0 Å². The zero-order chi connectivity index (χ0) is 11.7. The summed E-state index contributed by atoms with van der Waals surface area (Å²) in [5, 5.41) is 4.56. The number of rotatable bonds is 3. The van der Waals surface area contributed by atoms with Gasteiger partial charge in [0.05, 0.1) is 5.52 Å². The molecule has 0 spiro atoms. The second kappa shape index (κ2) is 4.46. The summed E-state index contributed by atoms with van der Waals surface area (Å²) < 4.78 is 0. The predicted molar refractivity (Wildman–Crippen MR) is 71.1 cm³/mol. The maximum absolute atomic E-state index is 4.37. The van der Waals surface area contributed by atoms with Crippen LogP contribution in [0.5, 0.6) is 0 Å². The van der Waals surface area contributed by atoms with E-state index in [-0.39, 0.29) is 0 Å². The van der Waals surface area contributed by atoms with Gasteiger partial charge >= 0.3 is 0 Å². The van der Waals surface area contributed by atoms with Gasteiger partial charge in [0.25, 0.3) is 0 Å². The number of nitrogens with one attached hydrogen (secondary N) is 1. The van der Waals surface area contributed by atoms with E-state index in [0.29, 0.717) is 0 Å². The summed E-state index contributed by atoms with van der Waals surface area (Å²) in [6.07, 6.45) is 4.55. The van der Waals surface area contributed by atoms with Crippen LogP contribution in [-0.2, 0) is 0 Å². The number of pyridine rings is 1. The average Bonchev–Trinajstić information content (AvgIpc) is 2.34. The third kappa shape index (κ3) is 1.93. The molecule has 0 radical (unpaired) electrons. The van der Waals surface area contributed by atoms with Crippen LogP contribution in [0.2, 0.25) is 0 Å². The van der Waals surface area contributed by atoms with Crippen LogP contribution >= 0.6 is 0 Å². The van der Waals surface area contributed by atoms with E-state index in [1.54, 1.807) is 0 Å². The molecule has 17 heavy (non-hydrogen) atoms. The molecule has 0 saturated heterocycles. The predicted octanol–water partition coefficient (Wildman–Crippen LogP) is 2.95. The highest BCUT2D eigenvalue weighted by molar-refractivity contribution is 5.79. The van der Waals surface area contributed by atoms with Crippen LogP contribution < -0.4 is 5.32 Å². The lowest BCUT2D eigenvalue weighted by atomic mass is 9.70. The van der Waals surface area contributed by atoms with Gasteiger partial charge in [-0.1, -0.05) is 12.1 Å². The van der Waals surface area contributed by atoms with E-state index < -0.39 is 0 Å². The Bertz CT molecular complexity index is 521. The molecule has 1 aliphatic carbocycles. The van der Waals surface area contributed by atoms with Crippen molar-refractivity contribution in [3.8, 4) is 0 Å². The molecule has 1 fully saturated rings. The van der Waals surface area contributed by atoms with Crippen molar-refractivity contribution in [2.75, 3.05) is 13.6 Å². The highest BCUT2D eigenvalue weighted by atomic mass is 14.8. The van der Waals surface area contributed by atoms with Gasteiger partial charge in [-0.15, -0.1) is 0 Å². The fourth-order valence-electron chi connectivity index (χ4n) is 2.84. The standard InChI is InChI=1S/C15H18N2/c1-16-10-13-4-6-14(13)11-5-7-15-12(9-11)3-2-8-17-15/h2-3,5,7-9,13-14,16H,4,6,10H2,1H3. The summed E-state index contributed by atoms with van der Waals surface area (Å²) in [5.41, 5.74) is 2.58. The molecule has 2 heteroatoms. The molecule has 0 aliphatic heterocycles. The Kier molecular flexibility index (Phi) is 2.81. The lowest BCUT2D eigenvalue weighted by molar-refractivity contribution is 0.251. The van der Waals surface area contributed by atoms with Crippen LogP contribution in [0.15, 0.2) is 36.5 Å². The number of benzene rings is 1. The minimum Gasteiger partial charge on any atom is -0.319 e. The molecular formula is C15H18N2. The molecule has 1 aromatic carbocycles. The lowest BCUT2D eigenvalue weighted by Gasteiger charge is -2.37. The smallest absolute Gasteiger partial charge is 0.0702 e. The Morgan fingerprint density at radius 1 is 1.29 bits per heavy atom. The summed E-state index contributed by atoms with van der Waals surface area (Å²) in [5.74, 6) is 1.56. The molecule has 2 nitrogen and oxygen atoms in total. The molecule has 1 aliphatic rings. The van der Waals surface area contributed by atoms with Gasteiger partial charge in [0.2, 0.25) is 0 Å². The first kappa shape index (κ1) is 10.7. The number of nitrogens with zero attached hydrogens (tertiary/aromatic N) is 1. The second-order valence-corrected chi connectivity index (χ2v) is 4.96. The van der Waals surface area contributed by atoms with E-state index in [1.165, 1.54) is 23.8 Å². The summed E-state index contributed by atoms with van der Waals surface area (Å²) in [7, 11) is 2.04. The van der Waals surface area contributed by atoms with Crippen molar-refractivity contribution in [2.45, 2.75) is 18.8 Å². The molecule has 2 aromatic rings. The van der Waals surface area contributed by atoms with E-state index in [0.717, 1.165) is 23.9 Å². The van der Waals surface area contributed by atoms with Crippen LogP contribution in [0.4, 0.5) is 0 Å². The van der Waals surface area contributed by atoms with Gasteiger partial charge in [-0.3, -0.25) is 4.98 Å². The first-order valence-electron chi connectivity index (χ1n) is 6.38. The summed E-state index contributed by atoms with van der Waals surface area (Å²) >= 11 is 0. The van der Waals surface area contributed by atoms with Gasteiger partial charge in [-0.2, -0.15) is 0 Å². The van der Waals surface area contributed by atoms with Gasteiger partial charge < -0.3 is 5.32 Å². The van der Waals surface area contributed by atoms with Crippen LogP contribution in [0, 0.1) is 5.92 Å². The maximum atomic E-state index is 4.37. The Morgan fingerprint density at radius 2 is 2.24 bits per heavy atom. The third-order valence-corrected chi connectivity index (χ3v) is 3.94. The Hall–Kier alpha value is -1.41. The molecule has 1 heterocycles. The zero-order valence-corrected chi connectivity index (χ0v) is 10.2. The Balaban J connectivity index is 1.90. The number of aromatic nitrogens is 1. The van der Waals surface area contributed by atoms with Crippen LogP contribution in [-0.4, -0.2) is 18.6 Å². The molecule has 1 saturated carbocycles. The summed E-state index contributed by atoms with van der Waals surface area (Å²) in [6, 6.07) is 10.9. The minimum atomic E-state index is 0.743. The number of hydrogen-bond donors (Lipinski definition) is 1. The van der Waals surface area contributed by atoms with Crippen molar-refractivity contribution in [3.63, 3.8) is 0 Å². The van der Waals surface area contributed by atoms with Gasteiger partial charge in [-0.25, -0.2) is 0 Å². The highest BCUT2D eigenvalue weighted by Gasteiger charge is 2.31. The summed E-state index contributed by atoms with van der Waals surface area (Å²) in [4.78, 5) is 4.37. The average molecular weight is 226 g/mol. The molecule has 3 rings (SSSR count). The Morgan fingerprint density at radius 3 is 3.00 bits per heavy atom. The van der Waals surface area contributed by atoms with Crippen LogP contribution in [0.3, 0.4) is 0 Å². The van der Waals surface area contributed by atoms with E-state index in [9.17, 15) is 0 Å². The van der Waals surface area contributed by atoms with Crippen LogP contribution in [0.1, 0.15) is 24.3 Å². The van der Waals surface area contributed by atoms with Crippen molar-refractivity contribution < 1.29 is 0 Å². The molecule has 88 valence electrons. The normalized spacial score (nSPS) is 23.6. The van der Waals surface area contributed by atoms with Crippen LogP contribution in [0.25, 0.3) is 10.9 Å².